The average molecular weight is 468 g/mol. The highest BCUT2D eigenvalue weighted by molar-refractivity contribution is 7.89. The normalized spacial score (nSPS) is 19.4. The second-order valence-electron chi connectivity index (χ2n) is 7.65. The molecule has 2 fully saturated rings. The summed E-state index contributed by atoms with van der Waals surface area (Å²) in [6.07, 6.45) is 2.76. The van der Waals surface area contributed by atoms with E-state index in [0.717, 1.165) is 43.8 Å². The molecule has 0 bridgehead atoms. The van der Waals surface area contributed by atoms with E-state index in [1.54, 1.807) is 22.4 Å². The van der Waals surface area contributed by atoms with Gasteiger partial charge in [-0.05, 0) is 18.6 Å². The van der Waals surface area contributed by atoms with Gasteiger partial charge in [0.25, 0.3) is 0 Å². The van der Waals surface area contributed by atoms with Crippen molar-refractivity contribution in [2.45, 2.75) is 11.3 Å². The van der Waals surface area contributed by atoms with E-state index in [2.05, 4.69) is 14.8 Å². The lowest BCUT2D eigenvalue weighted by molar-refractivity contribution is -0.133. The van der Waals surface area contributed by atoms with Crippen LogP contribution in [-0.4, -0.2) is 92.3 Å². The van der Waals surface area contributed by atoms with Crippen molar-refractivity contribution in [3.05, 3.63) is 41.7 Å². The molecule has 1 amide bonds. The maximum atomic E-state index is 14.0. The lowest BCUT2D eigenvalue weighted by atomic mass is 10.3. The molecule has 1 aromatic heterocycles. The van der Waals surface area contributed by atoms with Gasteiger partial charge in [-0.15, -0.1) is 11.3 Å². The molecule has 0 N–H and O–H groups in total. The van der Waals surface area contributed by atoms with E-state index in [4.69, 9.17) is 0 Å². The third-order valence-electron chi connectivity index (χ3n) is 5.68. The number of sulfonamides is 1. The number of carbonyl (C=O) groups is 1. The van der Waals surface area contributed by atoms with Gasteiger partial charge in [0.15, 0.2) is 5.13 Å². The standard InChI is InChI=1S/C20H26FN5O3S2/c21-17-4-1-2-5-18(17)31(28,29)26-13-11-24(12-14-26)19(27)16-23-7-3-8-25(10-9-23)20-22-6-15-30-20/h1-2,4-6,15H,3,7-14,16H2. The predicted octanol–water partition coefficient (Wildman–Crippen LogP) is 1.33. The third kappa shape index (κ3) is 5.05. The number of thiazole rings is 1. The number of hydrogen-bond donors (Lipinski definition) is 0. The number of nitrogens with zero attached hydrogens (tertiary/aromatic N) is 5. The Morgan fingerprint density at radius 3 is 2.52 bits per heavy atom. The fourth-order valence-corrected chi connectivity index (χ4v) is 6.14. The molecule has 31 heavy (non-hydrogen) atoms. The van der Waals surface area contributed by atoms with E-state index in [9.17, 15) is 17.6 Å². The number of amides is 1. The first-order valence-electron chi connectivity index (χ1n) is 10.3. The largest absolute Gasteiger partial charge is 0.347 e. The van der Waals surface area contributed by atoms with E-state index in [-0.39, 0.29) is 23.9 Å². The molecule has 0 atom stereocenters. The topological polar surface area (TPSA) is 77.1 Å². The van der Waals surface area contributed by atoms with Crippen molar-refractivity contribution in [1.29, 1.82) is 0 Å². The van der Waals surface area contributed by atoms with Crippen LogP contribution < -0.4 is 4.90 Å². The van der Waals surface area contributed by atoms with Crippen LogP contribution >= 0.6 is 11.3 Å². The molecule has 0 saturated carbocycles. The summed E-state index contributed by atoms with van der Waals surface area (Å²) in [5, 5.41) is 2.98. The Bertz CT molecular complexity index is 994. The van der Waals surface area contributed by atoms with Gasteiger partial charge >= 0.3 is 0 Å². The highest BCUT2D eigenvalue weighted by atomic mass is 32.2. The van der Waals surface area contributed by atoms with Crippen molar-refractivity contribution in [3.63, 3.8) is 0 Å². The zero-order chi connectivity index (χ0) is 21.8. The maximum absolute atomic E-state index is 14.0. The van der Waals surface area contributed by atoms with Gasteiger partial charge in [-0.1, -0.05) is 12.1 Å². The first kappa shape index (κ1) is 22.1. The Labute approximate surface area is 185 Å². The van der Waals surface area contributed by atoms with Crippen LogP contribution in [0.3, 0.4) is 0 Å². The Balaban J connectivity index is 1.29. The van der Waals surface area contributed by atoms with Crippen LogP contribution in [0.15, 0.2) is 40.7 Å². The number of benzene rings is 1. The average Bonchev–Trinajstić information content (AvgIpc) is 3.21. The van der Waals surface area contributed by atoms with Gasteiger partial charge in [0, 0.05) is 63.9 Å². The van der Waals surface area contributed by atoms with Crippen LogP contribution in [0.4, 0.5) is 9.52 Å². The molecular formula is C20H26FN5O3S2. The van der Waals surface area contributed by atoms with Crippen LogP contribution in [0.5, 0.6) is 0 Å². The minimum atomic E-state index is -3.90. The summed E-state index contributed by atoms with van der Waals surface area (Å²) in [6.45, 7) is 4.66. The first-order chi connectivity index (χ1) is 14.9. The molecule has 4 rings (SSSR count). The number of carbonyl (C=O) groups excluding carboxylic acids is 1. The monoisotopic (exact) mass is 467 g/mol. The summed E-state index contributed by atoms with van der Waals surface area (Å²) in [5.74, 6) is -0.750. The molecule has 8 nitrogen and oxygen atoms in total. The number of hydrogen-bond acceptors (Lipinski definition) is 7. The Kier molecular flexibility index (Phi) is 6.85. The summed E-state index contributed by atoms with van der Waals surface area (Å²) in [4.78, 5) is 23.0. The highest BCUT2D eigenvalue weighted by Crippen LogP contribution is 2.21. The molecule has 2 saturated heterocycles. The van der Waals surface area contributed by atoms with Gasteiger partial charge in [0.2, 0.25) is 15.9 Å². The molecule has 0 radical (unpaired) electrons. The highest BCUT2D eigenvalue weighted by Gasteiger charge is 2.32. The molecule has 2 aliphatic rings. The van der Waals surface area contributed by atoms with E-state index in [1.807, 2.05) is 5.38 Å². The van der Waals surface area contributed by atoms with Crippen molar-refractivity contribution in [3.8, 4) is 0 Å². The Morgan fingerprint density at radius 1 is 1.03 bits per heavy atom. The van der Waals surface area contributed by atoms with Gasteiger partial charge in [-0.3, -0.25) is 9.69 Å². The molecule has 0 spiro atoms. The maximum Gasteiger partial charge on any atom is 0.246 e. The Hall–Kier alpha value is -2.08. The van der Waals surface area contributed by atoms with E-state index >= 15 is 0 Å². The summed E-state index contributed by atoms with van der Waals surface area (Å²) in [5.41, 5.74) is 0. The van der Waals surface area contributed by atoms with Crippen LogP contribution in [-0.2, 0) is 14.8 Å². The molecule has 0 aliphatic carbocycles. The number of anilines is 1. The second-order valence-corrected chi connectivity index (χ2v) is 10.4. The third-order valence-corrected chi connectivity index (χ3v) is 8.45. The van der Waals surface area contributed by atoms with Crippen LogP contribution in [0.1, 0.15) is 6.42 Å². The van der Waals surface area contributed by atoms with Crippen molar-refractivity contribution in [2.75, 3.05) is 63.8 Å². The van der Waals surface area contributed by atoms with Crippen LogP contribution in [0.2, 0.25) is 0 Å². The minimum absolute atomic E-state index is 0.00522. The van der Waals surface area contributed by atoms with Crippen molar-refractivity contribution >= 4 is 32.4 Å². The zero-order valence-electron chi connectivity index (χ0n) is 17.2. The van der Waals surface area contributed by atoms with Crippen LogP contribution in [0, 0.1) is 5.82 Å². The summed E-state index contributed by atoms with van der Waals surface area (Å²) >= 11 is 1.62. The zero-order valence-corrected chi connectivity index (χ0v) is 18.8. The van der Waals surface area contributed by atoms with E-state index < -0.39 is 15.8 Å². The molecule has 2 aliphatic heterocycles. The minimum Gasteiger partial charge on any atom is -0.347 e. The van der Waals surface area contributed by atoms with Crippen LogP contribution in [0.25, 0.3) is 0 Å². The number of piperazine rings is 1. The number of aromatic nitrogens is 1. The van der Waals surface area contributed by atoms with Crippen molar-refractivity contribution < 1.29 is 17.6 Å². The molecule has 168 valence electrons. The van der Waals surface area contributed by atoms with Gasteiger partial charge in [-0.2, -0.15) is 4.31 Å². The predicted molar refractivity (Wildman–Crippen MR) is 117 cm³/mol. The smallest absolute Gasteiger partial charge is 0.246 e. The SMILES string of the molecule is O=C(CN1CCCN(c2nccs2)CC1)N1CCN(S(=O)(=O)c2ccccc2F)CC1. The Morgan fingerprint density at radius 2 is 1.81 bits per heavy atom. The molecule has 1 aromatic carbocycles. The van der Waals surface area contributed by atoms with Gasteiger partial charge in [0.05, 0.1) is 6.54 Å². The lowest BCUT2D eigenvalue weighted by Gasteiger charge is -2.35. The van der Waals surface area contributed by atoms with Crippen molar-refractivity contribution in [1.82, 2.24) is 19.1 Å². The summed E-state index contributed by atoms with van der Waals surface area (Å²) < 4.78 is 40.7. The fraction of sp³-hybridized carbons (Fsp3) is 0.500. The van der Waals surface area contributed by atoms with Gasteiger partial charge in [-0.25, -0.2) is 17.8 Å². The molecule has 3 heterocycles. The van der Waals surface area contributed by atoms with Crippen molar-refractivity contribution in [2.24, 2.45) is 0 Å². The molecule has 0 unspecified atom stereocenters. The summed E-state index contributed by atoms with van der Waals surface area (Å²) in [6, 6.07) is 5.39. The molecular weight excluding hydrogens is 441 g/mol. The molecule has 11 heteroatoms. The molecule has 2 aromatic rings. The summed E-state index contributed by atoms with van der Waals surface area (Å²) in [7, 11) is -3.90. The first-order valence-corrected chi connectivity index (χ1v) is 12.7. The van der Waals surface area contributed by atoms with Gasteiger partial charge < -0.3 is 9.80 Å². The van der Waals surface area contributed by atoms with Gasteiger partial charge in [0.1, 0.15) is 10.7 Å². The fourth-order valence-electron chi connectivity index (χ4n) is 3.95. The van der Waals surface area contributed by atoms with E-state index in [1.165, 1.54) is 22.5 Å². The second kappa shape index (κ2) is 9.60. The quantitative estimate of drug-likeness (QED) is 0.660. The number of rotatable bonds is 5. The lowest BCUT2D eigenvalue weighted by Crippen LogP contribution is -2.52. The van der Waals surface area contributed by atoms with E-state index in [0.29, 0.717) is 19.6 Å². The number of halogens is 1.